The van der Waals surface area contributed by atoms with Crippen LogP contribution in [0.2, 0.25) is 0 Å². The molecule has 0 aliphatic heterocycles. The molecular formula is C16H15BrFNO2. The Kier molecular flexibility index (Phi) is 5.33. The zero-order valence-corrected chi connectivity index (χ0v) is 13.1. The second-order valence-electron chi connectivity index (χ2n) is 4.42. The number of ether oxygens (including phenoxy) is 1. The lowest BCUT2D eigenvalue weighted by Gasteiger charge is -2.12. The average molecular weight is 352 g/mol. The molecule has 0 aliphatic carbocycles. The lowest BCUT2D eigenvalue weighted by molar-refractivity contribution is 0.102. The molecule has 110 valence electrons. The number of nitrogens with one attached hydrogen (secondary N) is 1. The van der Waals surface area contributed by atoms with Crippen LogP contribution in [0.5, 0.6) is 5.75 Å². The first-order valence-electron chi connectivity index (χ1n) is 6.60. The molecule has 0 spiro atoms. The highest BCUT2D eigenvalue weighted by Crippen LogP contribution is 2.25. The maximum Gasteiger partial charge on any atom is 0.258 e. The fourth-order valence-electron chi connectivity index (χ4n) is 1.77. The van der Waals surface area contributed by atoms with Gasteiger partial charge in [0.25, 0.3) is 5.91 Å². The van der Waals surface area contributed by atoms with Crippen molar-refractivity contribution < 1.29 is 13.9 Å². The number of para-hydroxylation sites is 2. The Bertz CT molecular complexity index is 646. The number of amides is 1. The summed E-state index contributed by atoms with van der Waals surface area (Å²) in [4.78, 5) is 12.2. The molecular weight excluding hydrogens is 337 g/mol. The summed E-state index contributed by atoms with van der Waals surface area (Å²) in [7, 11) is 0. The molecule has 1 N–H and O–H groups in total. The number of benzene rings is 2. The topological polar surface area (TPSA) is 38.3 Å². The zero-order chi connectivity index (χ0) is 15.2. The van der Waals surface area contributed by atoms with Gasteiger partial charge in [-0.15, -0.1) is 0 Å². The highest BCUT2D eigenvalue weighted by molar-refractivity contribution is 9.10. The lowest BCUT2D eigenvalue weighted by atomic mass is 10.2. The van der Waals surface area contributed by atoms with E-state index in [0.717, 1.165) is 6.42 Å². The Morgan fingerprint density at radius 3 is 2.76 bits per heavy atom. The Morgan fingerprint density at radius 1 is 1.29 bits per heavy atom. The minimum Gasteiger partial charge on any atom is -0.491 e. The fourth-order valence-corrected chi connectivity index (χ4v) is 2.10. The number of halogens is 2. The Hall–Kier alpha value is -1.88. The smallest absolute Gasteiger partial charge is 0.258 e. The number of anilines is 1. The van der Waals surface area contributed by atoms with Crippen LogP contribution in [-0.4, -0.2) is 12.5 Å². The SMILES string of the molecule is CCCOc1ccccc1NC(=O)c1ccc(Br)cc1F. The van der Waals surface area contributed by atoms with Gasteiger partial charge in [-0.25, -0.2) is 4.39 Å². The van der Waals surface area contributed by atoms with Gasteiger partial charge in [0.15, 0.2) is 0 Å². The van der Waals surface area contributed by atoms with Crippen LogP contribution in [0.15, 0.2) is 46.9 Å². The molecule has 2 aromatic carbocycles. The van der Waals surface area contributed by atoms with Crippen LogP contribution >= 0.6 is 15.9 Å². The predicted octanol–water partition coefficient (Wildman–Crippen LogP) is 4.63. The van der Waals surface area contributed by atoms with Crippen molar-refractivity contribution in [3.05, 3.63) is 58.3 Å². The molecule has 2 rings (SSSR count). The van der Waals surface area contributed by atoms with Gasteiger partial charge in [-0.05, 0) is 36.8 Å². The fraction of sp³-hybridized carbons (Fsp3) is 0.188. The molecule has 0 unspecified atom stereocenters. The number of hydrogen-bond donors (Lipinski definition) is 1. The highest BCUT2D eigenvalue weighted by Gasteiger charge is 2.14. The van der Waals surface area contributed by atoms with Crippen molar-refractivity contribution in [3.8, 4) is 5.75 Å². The van der Waals surface area contributed by atoms with Crippen molar-refractivity contribution in [3.63, 3.8) is 0 Å². The molecule has 0 heterocycles. The molecule has 2 aromatic rings. The van der Waals surface area contributed by atoms with Crippen LogP contribution in [0.1, 0.15) is 23.7 Å². The van der Waals surface area contributed by atoms with Crippen molar-refractivity contribution in [2.24, 2.45) is 0 Å². The normalized spacial score (nSPS) is 10.2. The summed E-state index contributed by atoms with van der Waals surface area (Å²) in [6.45, 7) is 2.55. The third-order valence-corrected chi connectivity index (χ3v) is 3.27. The van der Waals surface area contributed by atoms with Gasteiger partial charge in [-0.2, -0.15) is 0 Å². The van der Waals surface area contributed by atoms with Gasteiger partial charge in [-0.1, -0.05) is 35.0 Å². The monoisotopic (exact) mass is 351 g/mol. The van der Waals surface area contributed by atoms with Crippen molar-refractivity contribution in [1.29, 1.82) is 0 Å². The number of carbonyl (C=O) groups is 1. The molecule has 3 nitrogen and oxygen atoms in total. The summed E-state index contributed by atoms with van der Waals surface area (Å²) in [5.74, 6) is -0.508. The quantitative estimate of drug-likeness (QED) is 0.852. The van der Waals surface area contributed by atoms with Crippen LogP contribution in [0.25, 0.3) is 0 Å². The molecule has 0 aromatic heterocycles. The van der Waals surface area contributed by atoms with Crippen LogP contribution < -0.4 is 10.1 Å². The first-order chi connectivity index (χ1) is 10.1. The number of carbonyl (C=O) groups excluding carboxylic acids is 1. The molecule has 0 atom stereocenters. The van der Waals surface area contributed by atoms with Gasteiger partial charge in [0.2, 0.25) is 0 Å². The van der Waals surface area contributed by atoms with Gasteiger partial charge in [0, 0.05) is 4.47 Å². The van der Waals surface area contributed by atoms with E-state index >= 15 is 0 Å². The van der Waals surface area contributed by atoms with Crippen molar-refractivity contribution >= 4 is 27.5 Å². The molecule has 5 heteroatoms. The summed E-state index contributed by atoms with van der Waals surface area (Å²) >= 11 is 3.16. The van der Waals surface area contributed by atoms with E-state index < -0.39 is 11.7 Å². The number of rotatable bonds is 5. The third-order valence-electron chi connectivity index (χ3n) is 2.77. The van der Waals surface area contributed by atoms with E-state index in [-0.39, 0.29) is 5.56 Å². The molecule has 0 fully saturated rings. The van der Waals surface area contributed by atoms with Gasteiger partial charge in [0.1, 0.15) is 11.6 Å². The zero-order valence-electron chi connectivity index (χ0n) is 11.5. The first-order valence-corrected chi connectivity index (χ1v) is 7.39. The van der Waals surface area contributed by atoms with Crippen LogP contribution in [0.3, 0.4) is 0 Å². The predicted molar refractivity (Wildman–Crippen MR) is 84.3 cm³/mol. The summed E-state index contributed by atoms with van der Waals surface area (Å²) in [6, 6.07) is 11.4. The lowest BCUT2D eigenvalue weighted by Crippen LogP contribution is -2.14. The maximum atomic E-state index is 13.8. The third kappa shape index (κ3) is 4.04. The minimum absolute atomic E-state index is 0.0107. The van der Waals surface area contributed by atoms with E-state index in [2.05, 4.69) is 21.2 Å². The number of hydrogen-bond acceptors (Lipinski definition) is 2. The highest BCUT2D eigenvalue weighted by atomic mass is 79.9. The van der Waals surface area contributed by atoms with Crippen molar-refractivity contribution in [2.45, 2.75) is 13.3 Å². The van der Waals surface area contributed by atoms with E-state index in [4.69, 9.17) is 4.74 Å². The summed E-state index contributed by atoms with van der Waals surface area (Å²) in [5.41, 5.74) is 0.516. The van der Waals surface area contributed by atoms with E-state index in [1.165, 1.54) is 12.1 Å². The standard InChI is InChI=1S/C16H15BrFNO2/c1-2-9-21-15-6-4-3-5-14(15)19-16(20)12-8-7-11(17)10-13(12)18/h3-8,10H,2,9H2,1H3,(H,19,20). The Morgan fingerprint density at radius 2 is 2.05 bits per heavy atom. The summed E-state index contributed by atoms with van der Waals surface area (Å²) in [6.07, 6.45) is 0.865. The van der Waals surface area contributed by atoms with Crippen LogP contribution in [-0.2, 0) is 0 Å². The second-order valence-corrected chi connectivity index (χ2v) is 5.34. The van der Waals surface area contributed by atoms with Crippen molar-refractivity contribution in [1.82, 2.24) is 0 Å². The van der Waals surface area contributed by atoms with Crippen LogP contribution in [0, 0.1) is 5.82 Å². The van der Waals surface area contributed by atoms with Crippen molar-refractivity contribution in [2.75, 3.05) is 11.9 Å². The molecule has 0 saturated carbocycles. The molecule has 0 bridgehead atoms. The average Bonchev–Trinajstić information content (AvgIpc) is 2.46. The Balaban J connectivity index is 2.19. The second kappa shape index (κ2) is 7.22. The largest absolute Gasteiger partial charge is 0.491 e. The Labute approximate surface area is 131 Å². The molecule has 0 aliphatic rings. The molecule has 1 amide bonds. The van der Waals surface area contributed by atoms with E-state index in [0.29, 0.717) is 22.5 Å². The van der Waals surface area contributed by atoms with Gasteiger partial charge < -0.3 is 10.1 Å². The maximum absolute atomic E-state index is 13.8. The van der Waals surface area contributed by atoms with E-state index in [1.54, 1.807) is 24.3 Å². The molecule has 0 saturated heterocycles. The molecule has 21 heavy (non-hydrogen) atoms. The summed E-state index contributed by atoms with van der Waals surface area (Å²) in [5, 5.41) is 2.68. The van der Waals surface area contributed by atoms with Gasteiger partial charge in [-0.3, -0.25) is 4.79 Å². The summed E-state index contributed by atoms with van der Waals surface area (Å²) < 4.78 is 19.9. The van der Waals surface area contributed by atoms with E-state index in [1.807, 2.05) is 13.0 Å². The first kappa shape index (κ1) is 15.5. The van der Waals surface area contributed by atoms with Gasteiger partial charge in [0.05, 0.1) is 17.9 Å². The van der Waals surface area contributed by atoms with Gasteiger partial charge >= 0.3 is 0 Å². The van der Waals surface area contributed by atoms with E-state index in [9.17, 15) is 9.18 Å². The molecule has 0 radical (unpaired) electrons. The van der Waals surface area contributed by atoms with Crippen LogP contribution in [0.4, 0.5) is 10.1 Å². The minimum atomic E-state index is -0.575.